The highest BCUT2D eigenvalue weighted by Crippen LogP contribution is 2.32. The lowest BCUT2D eigenvalue weighted by Gasteiger charge is -2.10. The lowest BCUT2D eigenvalue weighted by molar-refractivity contribution is -0.167. The van der Waals surface area contributed by atoms with Gasteiger partial charge in [-0.05, 0) is 50.7 Å². The molecule has 1 rings (SSSR count). The van der Waals surface area contributed by atoms with Crippen LogP contribution in [-0.2, 0) is 4.79 Å². The van der Waals surface area contributed by atoms with Gasteiger partial charge >= 0.3 is 12.1 Å². The maximum Gasteiger partial charge on any atom is 0.471 e. The Balaban J connectivity index is 2.99. The third-order valence-electron chi connectivity index (χ3n) is 1.54. The molecule has 0 radical (unpaired) electrons. The first-order valence-corrected chi connectivity index (χ1v) is 5.65. The normalized spacial score (nSPS) is 11.3. The van der Waals surface area contributed by atoms with Crippen LogP contribution in [0.4, 0.5) is 18.9 Å². The van der Waals surface area contributed by atoms with Crippen molar-refractivity contribution < 1.29 is 23.1 Å². The van der Waals surface area contributed by atoms with Crippen molar-refractivity contribution in [3.05, 3.63) is 20.2 Å². The quantitative estimate of drug-likeness (QED) is 0.552. The first-order chi connectivity index (χ1) is 7.21. The van der Waals surface area contributed by atoms with E-state index < -0.39 is 12.1 Å². The summed E-state index contributed by atoms with van der Waals surface area (Å²) in [5.74, 6) is -2.17. The summed E-state index contributed by atoms with van der Waals surface area (Å²) in [6.45, 7) is 0. The zero-order valence-corrected chi connectivity index (χ0v) is 11.1. The Kier molecular flexibility index (Phi) is 4.05. The number of halogens is 5. The summed E-state index contributed by atoms with van der Waals surface area (Å²) in [7, 11) is 0. The lowest BCUT2D eigenvalue weighted by Crippen LogP contribution is -2.30. The molecule has 1 aromatic rings. The van der Waals surface area contributed by atoms with E-state index in [2.05, 4.69) is 15.9 Å². The summed E-state index contributed by atoms with van der Waals surface area (Å²) >= 11 is 4.64. The topological polar surface area (TPSA) is 49.3 Å². The second-order valence-electron chi connectivity index (χ2n) is 2.74. The number of amides is 1. The van der Waals surface area contributed by atoms with Crippen molar-refractivity contribution in [3.63, 3.8) is 0 Å². The largest absolute Gasteiger partial charge is 0.507 e. The standard InChI is InChI=1S/C8H4BrF3INO2/c9-3-1-5(4(13)2-6(3)15)14-7(16)8(10,11)12/h1-2,15H,(H,14,16). The molecule has 0 fully saturated rings. The molecule has 0 heterocycles. The van der Waals surface area contributed by atoms with E-state index in [1.165, 1.54) is 12.1 Å². The van der Waals surface area contributed by atoms with E-state index in [1.54, 1.807) is 27.9 Å². The van der Waals surface area contributed by atoms with Crippen molar-refractivity contribution >= 4 is 50.1 Å². The predicted molar refractivity (Wildman–Crippen MR) is 63.2 cm³/mol. The van der Waals surface area contributed by atoms with E-state index in [0.29, 0.717) is 3.57 Å². The number of nitrogens with one attached hydrogen (secondary N) is 1. The third-order valence-corrected chi connectivity index (χ3v) is 3.07. The summed E-state index contributed by atoms with van der Waals surface area (Å²) in [6, 6.07) is 2.43. The molecule has 0 aliphatic carbocycles. The molecule has 8 heteroatoms. The Labute approximate surface area is 110 Å². The summed E-state index contributed by atoms with van der Waals surface area (Å²) in [5, 5.41) is 10.9. The Bertz CT molecular complexity index is 436. The second kappa shape index (κ2) is 4.78. The minimum atomic E-state index is -4.94. The molecule has 0 bridgehead atoms. The molecule has 1 amide bonds. The van der Waals surface area contributed by atoms with Crippen LogP contribution in [0.5, 0.6) is 5.75 Å². The number of alkyl halides is 3. The number of benzene rings is 1. The van der Waals surface area contributed by atoms with Crippen molar-refractivity contribution in [3.8, 4) is 5.75 Å². The van der Waals surface area contributed by atoms with Crippen molar-refractivity contribution in [1.29, 1.82) is 0 Å². The molecule has 0 aliphatic heterocycles. The Hall–Kier alpha value is -0.510. The first-order valence-electron chi connectivity index (χ1n) is 3.78. The maximum absolute atomic E-state index is 12.0. The second-order valence-corrected chi connectivity index (χ2v) is 4.75. The number of aromatic hydroxyl groups is 1. The predicted octanol–water partition coefficient (Wildman–Crippen LogP) is 3.26. The number of carbonyl (C=O) groups excluding carboxylic acids is 1. The van der Waals surface area contributed by atoms with Crippen LogP contribution in [0.15, 0.2) is 16.6 Å². The van der Waals surface area contributed by atoms with Crippen molar-refractivity contribution in [2.75, 3.05) is 5.32 Å². The number of hydrogen-bond donors (Lipinski definition) is 2. The smallest absolute Gasteiger partial charge is 0.471 e. The van der Waals surface area contributed by atoms with Crippen molar-refractivity contribution in [1.82, 2.24) is 0 Å². The molecular weight excluding hydrogens is 406 g/mol. The summed E-state index contributed by atoms with van der Waals surface area (Å²) in [4.78, 5) is 10.7. The van der Waals surface area contributed by atoms with Gasteiger partial charge in [-0.2, -0.15) is 13.2 Å². The van der Waals surface area contributed by atoms with Gasteiger partial charge in [0, 0.05) is 3.57 Å². The number of anilines is 1. The van der Waals surface area contributed by atoms with Gasteiger partial charge in [0.05, 0.1) is 10.2 Å². The Morgan fingerprint density at radius 1 is 1.44 bits per heavy atom. The fourth-order valence-electron chi connectivity index (χ4n) is 0.825. The zero-order chi connectivity index (χ0) is 12.5. The van der Waals surface area contributed by atoms with Crippen LogP contribution in [0.1, 0.15) is 0 Å². The molecule has 0 unspecified atom stereocenters. The molecule has 0 spiro atoms. The zero-order valence-electron chi connectivity index (χ0n) is 7.40. The Morgan fingerprint density at radius 2 is 2.00 bits per heavy atom. The van der Waals surface area contributed by atoms with Crippen molar-refractivity contribution in [2.24, 2.45) is 0 Å². The van der Waals surface area contributed by atoms with Crippen LogP contribution in [-0.4, -0.2) is 17.2 Å². The highest BCUT2D eigenvalue weighted by Gasteiger charge is 2.38. The van der Waals surface area contributed by atoms with Crippen LogP contribution in [0.3, 0.4) is 0 Å². The maximum atomic E-state index is 12.0. The molecule has 1 aromatic carbocycles. The summed E-state index contributed by atoms with van der Waals surface area (Å²) in [5.41, 5.74) is -0.0207. The molecule has 88 valence electrons. The van der Waals surface area contributed by atoms with Gasteiger partial charge in [0.2, 0.25) is 0 Å². The van der Waals surface area contributed by atoms with Crippen LogP contribution in [0.2, 0.25) is 0 Å². The Morgan fingerprint density at radius 3 is 2.50 bits per heavy atom. The van der Waals surface area contributed by atoms with E-state index in [9.17, 15) is 23.1 Å². The van der Waals surface area contributed by atoms with Crippen LogP contribution >= 0.6 is 38.5 Å². The van der Waals surface area contributed by atoms with Crippen LogP contribution in [0, 0.1) is 3.57 Å². The minimum Gasteiger partial charge on any atom is -0.507 e. The molecule has 0 aliphatic rings. The molecule has 0 saturated heterocycles. The van der Waals surface area contributed by atoms with Gasteiger partial charge in [-0.1, -0.05) is 0 Å². The van der Waals surface area contributed by atoms with Gasteiger partial charge in [-0.15, -0.1) is 0 Å². The number of rotatable bonds is 1. The van der Waals surface area contributed by atoms with Gasteiger partial charge in [0.25, 0.3) is 0 Å². The number of phenolic OH excluding ortho intramolecular Hbond substituents is 1. The monoisotopic (exact) mass is 409 g/mol. The van der Waals surface area contributed by atoms with Crippen molar-refractivity contribution in [2.45, 2.75) is 6.18 Å². The van der Waals surface area contributed by atoms with Gasteiger partial charge in [0.15, 0.2) is 0 Å². The number of hydrogen-bond acceptors (Lipinski definition) is 2. The first kappa shape index (κ1) is 13.6. The highest BCUT2D eigenvalue weighted by molar-refractivity contribution is 14.1. The molecule has 2 N–H and O–H groups in total. The van der Waals surface area contributed by atoms with Crippen LogP contribution < -0.4 is 5.32 Å². The van der Waals surface area contributed by atoms with Crippen LogP contribution in [0.25, 0.3) is 0 Å². The molecule has 3 nitrogen and oxygen atoms in total. The van der Waals surface area contributed by atoms with E-state index >= 15 is 0 Å². The fourth-order valence-corrected chi connectivity index (χ4v) is 1.75. The number of phenols is 1. The minimum absolute atomic E-state index is 0.0207. The molecule has 0 saturated carbocycles. The summed E-state index contributed by atoms with van der Waals surface area (Å²) < 4.78 is 36.4. The van der Waals surface area contributed by atoms with E-state index in [4.69, 9.17) is 0 Å². The number of carbonyl (C=O) groups is 1. The summed E-state index contributed by atoms with van der Waals surface area (Å²) in [6.07, 6.45) is -4.94. The molecule has 16 heavy (non-hydrogen) atoms. The highest BCUT2D eigenvalue weighted by atomic mass is 127. The van der Waals surface area contributed by atoms with Gasteiger partial charge in [-0.25, -0.2) is 0 Å². The van der Waals surface area contributed by atoms with E-state index in [-0.39, 0.29) is 15.9 Å². The molecule has 0 aromatic heterocycles. The van der Waals surface area contributed by atoms with Gasteiger partial charge < -0.3 is 10.4 Å². The van der Waals surface area contributed by atoms with Gasteiger partial charge in [-0.3, -0.25) is 4.79 Å². The lowest BCUT2D eigenvalue weighted by atomic mass is 10.3. The van der Waals surface area contributed by atoms with E-state index in [0.717, 1.165) is 0 Å². The molecule has 0 atom stereocenters. The average molecular weight is 410 g/mol. The fraction of sp³-hybridized carbons (Fsp3) is 0.125. The third kappa shape index (κ3) is 3.24. The van der Waals surface area contributed by atoms with E-state index in [1.807, 2.05) is 0 Å². The SMILES string of the molecule is O=C(Nc1cc(Br)c(O)cc1I)C(F)(F)F. The average Bonchev–Trinajstić information content (AvgIpc) is 2.12. The van der Waals surface area contributed by atoms with Gasteiger partial charge in [0.1, 0.15) is 5.75 Å². The molecular formula is C8H4BrF3INO2.